The molecule has 3 heterocycles. The fourth-order valence-electron chi connectivity index (χ4n) is 10.1. The van der Waals surface area contributed by atoms with E-state index >= 15 is 0 Å². The van der Waals surface area contributed by atoms with Crippen LogP contribution in [0.3, 0.4) is 0 Å². The molecule has 1 aliphatic carbocycles. The van der Waals surface area contributed by atoms with Crippen LogP contribution in [0.25, 0.3) is 115 Å². The predicted molar refractivity (Wildman–Crippen MR) is 272 cm³/mol. The van der Waals surface area contributed by atoms with Gasteiger partial charge in [0.25, 0.3) is 0 Å². The molecule has 0 N–H and O–H groups in total. The van der Waals surface area contributed by atoms with Crippen LogP contribution in [-0.2, 0) is 5.41 Å². The SMILES string of the molecule is [2H]c1c([2H])c([2H])c(-c2nc(-c3cccc4c3-c3ccccc3C4(C)C)nc(-c3cc(-n4c5ccccc5c5ccccc54)cc4c3sc3ccc(-c5cccc(-c6ccccc6)c5)cc34)n2)c([2H])c1[2H]. The van der Waals surface area contributed by atoms with E-state index in [1.165, 1.54) is 5.56 Å². The van der Waals surface area contributed by atoms with Crippen LogP contribution in [0, 0.1) is 0 Å². The van der Waals surface area contributed by atoms with Gasteiger partial charge in [-0.1, -0.05) is 178 Å². The maximum atomic E-state index is 9.16. The second-order valence-corrected chi connectivity index (χ2v) is 18.3. The van der Waals surface area contributed by atoms with Gasteiger partial charge in [0.05, 0.1) is 17.9 Å². The Labute approximate surface area is 387 Å². The van der Waals surface area contributed by atoms with Gasteiger partial charge in [-0.05, 0) is 87.0 Å². The van der Waals surface area contributed by atoms with E-state index in [9.17, 15) is 0 Å². The first-order chi connectivity index (χ1) is 34.0. The summed E-state index contributed by atoms with van der Waals surface area (Å²) < 4.78 is 48.5. The number of hydrogen-bond acceptors (Lipinski definition) is 4. The highest BCUT2D eigenvalue weighted by Crippen LogP contribution is 2.52. The van der Waals surface area contributed by atoms with E-state index in [0.29, 0.717) is 11.6 Å². The number of fused-ring (bicyclic) bond motifs is 9. The lowest BCUT2D eigenvalue weighted by Crippen LogP contribution is -2.14. The maximum Gasteiger partial charge on any atom is 0.165 e. The second kappa shape index (κ2) is 14.5. The Morgan fingerprint density at radius 1 is 0.446 bits per heavy atom. The van der Waals surface area contributed by atoms with Crippen LogP contribution >= 0.6 is 11.3 Å². The summed E-state index contributed by atoms with van der Waals surface area (Å²) >= 11 is 1.66. The highest BCUT2D eigenvalue weighted by atomic mass is 32.1. The molecular weight excluding hydrogens is 809 g/mol. The van der Waals surface area contributed by atoms with Crippen molar-refractivity contribution in [2.45, 2.75) is 19.3 Å². The van der Waals surface area contributed by atoms with Gasteiger partial charge in [-0.15, -0.1) is 11.3 Å². The lowest BCUT2D eigenvalue weighted by atomic mass is 9.82. The van der Waals surface area contributed by atoms with Crippen LogP contribution in [0.2, 0.25) is 0 Å². The number of aromatic nitrogens is 4. The van der Waals surface area contributed by atoms with Crippen molar-refractivity contribution in [2.75, 3.05) is 0 Å². The van der Waals surface area contributed by atoms with Crippen LogP contribution in [-0.4, -0.2) is 19.5 Å². The average molecular weight is 854 g/mol. The van der Waals surface area contributed by atoms with Crippen molar-refractivity contribution in [1.29, 1.82) is 0 Å². The molecular formula is C60H40N4S. The Balaban J connectivity index is 1.12. The molecule has 12 aromatic rings. The number of rotatable bonds is 6. The highest BCUT2D eigenvalue weighted by molar-refractivity contribution is 7.26. The van der Waals surface area contributed by atoms with Gasteiger partial charge in [0.1, 0.15) is 0 Å². The molecule has 13 rings (SSSR count). The van der Waals surface area contributed by atoms with Crippen molar-refractivity contribution in [1.82, 2.24) is 19.5 Å². The molecule has 1 aliphatic rings. The largest absolute Gasteiger partial charge is 0.309 e. The quantitative estimate of drug-likeness (QED) is 0.167. The summed E-state index contributed by atoms with van der Waals surface area (Å²) in [6.45, 7) is 4.45. The van der Waals surface area contributed by atoms with E-state index in [1.54, 1.807) is 11.3 Å². The van der Waals surface area contributed by atoms with E-state index < -0.39 is 18.1 Å². The molecule has 0 aliphatic heterocycles. The predicted octanol–water partition coefficient (Wildman–Crippen LogP) is 16.0. The van der Waals surface area contributed by atoms with Crippen molar-refractivity contribution in [3.63, 3.8) is 0 Å². The molecule has 0 amide bonds. The van der Waals surface area contributed by atoms with Gasteiger partial charge < -0.3 is 4.57 Å². The summed E-state index contributed by atoms with van der Waals surface area (Å²) in [5, 5.41) is 4.34. The molecule has 0 atom stereocenters. The lowest BCUT2D eigenvalue weighted by molar-refractivity contribution is 0.660. The van der Waals surface area contributed by atoms with Crippen LogP contribution in [0.1, 0.15) is 31.8 Å². The van der Waals surface area contributed by atoms with Gasteiger partial charge in [-0.2, -0.15) is 0 Å². The van der Waals surface area contributed by atoms with Crippen molar-refractivity contribution in [3.8, 4) is 73.2 Å². The normalized spacial score (nSPS) is 14.0. The van der Waals surface area contributed by atoms with E-state index in [-0.39, 0.29) is 28.9 Å². The van der Waals surface area contributed by atoms with Crippen LogP contribution in [0.15, 0.2) is 206 Å². The summed E-state index contributed by atoms with van der Waals surface area (Å²) in [5.74, 6) is 0.662. The van der Waals surface area contributed by atoms with Crippen molar-refractivity contribution in [3.05, 3.63) is 217 Å². The van der Waals surface area contributed by atoms with E-state index in [4.69, 9.17) is 21.8 Å². The monoisotopic (exact) mass is 853 g/mol. The van der Waals surface area contributed by atoms with Crippen molar-refractivity contribution in [2.24, 2.45) is 0 Å². The van der Waals surface area contributed by atoms with Gasteiger partial charge in [0, 0.05) is 58.7 Å². The summed E-state index contributed by atoms with van der Waals surface area (Å²) in [6.07, 6.45) is 0. The highest BCUT2D eigenvalue weighted by Gasteiger charge is 2.37. The molecule has 0 saturated heterocycles. The van der Waals surface area contributed by atoms with Crippen LogP contribution in [0.4, 0.5) is 0 Å². The minimum Gasteiger partial charge on any atom is -0.309 e. The Kier molecular flexibility index (Phi) is 7.30. The molecule has 0 radical (unpaired) electrons. The molecule has 65 heavy (non-hydrogen) atoms. The summed E-state index contributed by atoms with van der Waals surface area (Å²) in [5.41, 5.74) is 13.0. The summed E-state index contributed by atoms with van der Waals surface area (Å²) in [6, 6.07) is 59.5. The molecule has 0 saturated carbocycles. The molecule has 4 nitrogen and oxygen atoms in total. The first-order valence-electron chi connectivity index (χ1n) is 24.3. The van der Waals surface area contributed by atoms with Crippen LogP contribution < -0.4 is 0 Å². The number of hydrogen-bond donors (Lipinski definition) is 0. The molecule has 5 heteroatoms. The first kappa shape index (κ1) is 32.7. The third-order valence-corrected chi connectivity index (χ3v) is 14.4. The molecule has 0 spiro atoms. The Bertz CT molecular complexity index is 4090. The minimum atomic E-state index is -0.481. The standard InChI is InChI=1S/C60H40N4S/c1-60(2)50-27-12-9-25-45(50)55-46(26-16-28-51(55)60)58-61-57(38-19-7-4-8-20-38)62-59(63-58)49-36-42(64-52-29-13-10-23-43(52)44-24-11-14-30-53(44)64)35-48-47-34-41(31-32-54(47)65-56(48)49)40-22-15-21-39(33-40)37-17-5-3-6-18-37/h3-36H,1-2H3/i4D,7D,8D,19D,20D. The van der Waals surface area contributed by atoms with E-state index in [1.807, 2.05) is 24.3 Å². The maximum absolute atomic E-state index is 9.16. The molecule has 0 bridgehead atoms. The first-order valence-corrected chi connectivity index (χ1v) is 22.6. The topological polar surface area (TPSA) is 43.6 Å². The molecule has 0 fully saturated rings. The lowest BCUT2D eigenvalue weighted by Gasteiger charge is -2.21. The third-order valence-electron chi connectivity index (χ3n) is 13.1. The van der Waals surface area contributed by atoms with Gasteiger partial charge >= 0.3 is 0 Å². The van der Waals surface area contributed by atoms with Crippen LogP contribution in [0.5, 0.6) is 0 Å². The zero-order valence-corrected chi connectivity index (χ0v) is 36.3. The Morgan fingerprint density at radius 3 is 1.83 bits per heavy atom. The van der Waals surface area contributed by atoms with E-state index in [0.717, 1.165) is 97.7 Å². The van der Waals surface area contributed by atoms with Crippen molar-refractivity contribution >= 4 is 53.3 Å². The van der Waals surface area contributed by atoms with Gasteiger partial charge in [-0.3, -0.25) is 0 Å². The Hall–Kier alpha value is -7.99. The molecule has 3 aromatic heterocycles. The van der Waals surface area contributed by atoms with Gasteiger partial charge in [-0.25, -0.2) is 15.0 Å². The number of benzene rings is 9. The van der Waals surface area contributed by atoms with Crippen molar-refractivity contribution < 1.29 is 6.85 Å². The molecule has 306 valence electrons. The van der Waals surface area contributed by atoms with E-state index in [2.05, 4.69) is 170 Å². The fraction of sp³-hybridized carbons (Fsp3) is 0.0500. The van der Waals surface area contributed by atoms with Gasteiger partial charge in [0.2, 0.25) is 0 Å². The number of para-hydroxylation sites is 2. The average Bonchev–Trinajstić information content (AvgIpc) is 4.02. The number of thiophene rings is 1. The minimum absolute atomic E-state index is 0.00254. The number of nitrogens with zero attached hydrogens (tertiary/aromatic N) is 4. The smallest absolute Gasteiger partial charge is 0.165 e. The van der Waals surface area contributed by atoms with Gasteiger partial charge in [0.15, 0.2) is 17.5 Å². The third kappa shape index (κ3) is 5.93. The zero-order chi connectivity index (χ0) is 47.6. The Morgan fingerprint density at radius 2 is 1.05 bits per heavy atom. The zero-order valence-electron chi connectivity index (χ0n) is 40.4. The fourth-order valence-corrected chi connectivity index (χ4v) is 11.3. The molecule has 9 aromatic carbocycles. The second-order valence-electron chi connectivity index (χ2n) is 17.2. The summed E-state index contributed by atoms with van der Waals surface area (Å²) in [4.78, 5) is 15.7. The summed E-state index contributed by atoms with van der Waals surface area (Å²) in [7, 11) is 0. The molecule has 0 unspecified atom stereocenters.